The zero-order chi connectivity index (χ0) is 17.3. The standard InChI is InChI=1S/C14H27N3O3SSi/c1-10-8-9-12(17-16-10)13(11(2)21(15,18)19)20-22(6,7)14(3,4)5/h8-9,11,13H,1-7H3,(H2,15,18,19)/t11-,13?/m0/s1. The third-order valence-electron chi connectivity index (χ3n) is 4.28. The number of hydrogen-bond acceptors (Lipinski definition) is 5. The Morgan fingerprint density at radius 2 is 1.77 bits per heavy atom. The maximum absolute atomic E-state index is 11.8. The second-order valence-electron chi connectivity index (χ2n) is 7.19. The largest absolute Gasteiger partial charge is 0.407 e. The van der Waals surface area contributed by atoms with Crippen LogP contribution in [0.25, 0.3) is 0 Å². The zero-order valence-corrected chi connectivity index (χ0v) is 16.2. The quantitative estimate of drug-likeness (QED) is 0.827. The Kier molecular flexibility index (Phi) is 5.54. The van der Waals surface area contributed by atoms with Crippen molar-refractivity contribution in [1.29, 1.82) is 0 Å². The van der Waals surface area contributed by atoms with Crippen LogP contribution in [0, 0.1) is 6.92 Å². The number of aromatic nitrogens is 2. The summed E-state index contributed by atoms with van der Waals surface area (Å²) in [6, 6.07) is 3.54. The van der Waals surface area contributed by atoms with E-state index in [1.807, 2.05) is 6.92 Å². The summed E-state index contributed by atoms with van der Waals surface area (Å²) in [5, 5.41) is 12.5. The fourth-order valence-electron chi connectivity index (χ4n) is 1.62. The molecule has 1 aromatic heterocycles. The Morgan fingerprint density at radius 3 is 2.14 bits per heavy atom. The number of rotatable bonds is 5. The topological polar surface area (TPSA) is 95.2 Å². The van der Waals surface area contributed by atoms with Crippen LogP contribution in [-0.2, 0) is 14.4 Å². The van der Waals surface area contributed by atoms with Crippen LogP contribution in [-0.4, -0.2) is 32.2 Å². The van der Waals surface area contributed by atoms with Crippen molar-refractivity contribution in [1.82, 2.24) is 10.2 Å². The van der Waals surface area contributed by atoms with Crippen LogP contribution in [0.1, 0.15) is 45.2 Å². The minimum absolute atomic E-state index is 0.0541. The molecule has 0 aliphatic carbocycles. The summed E-state index contributed by atoms with van der Waals surface area (Å²) in [6.07, 6.45) is -0.719. The molecule has 0 fully saturated rings. The van der Waals surface area contributed by atoms with Gasteiger partial charge in [0.05, 0.1) is 11.4 Å². The van der Waals surface area contributed by atoms with E-state index < -0.39 is 29.7 Å². The Balaban J connectivity index is 3.27. The molecule has 0 saturated carbocycles. The first kappa shape index (κ1) is 19.2. The third kappa shape index (κ3) is 4.58. The van der Waals surface area contributed by atoms with Gasteiger partial charge < -0.3 is 4.43 Å². The molecule has 0 saturated heterocycles. The number of nitrogens with zero attached hydrogens (tertiary/aromatic N) is 2. The predicted molar refractivity (Wildman–Crippen MR) is 90.4 cm³/mol. The lowest BCUT2D eigenvalue weighted by Crippen LogP contribution is -2.45. The number of aryl methyl sites for hydroxylation is 1. The van der Waals surface area contributed by atoms with Crippen LogP contribution in [0.15, 0.2) is 12.1 Å². The molecule has 0 aliphatic heterocycles. The Morgan fingerprint density at radius 1 is 1.23 bits per heavy atom. The van der Waals surface area contributed by atoms with E-state index in [2.05, 4.69) is 44.1 Å². The lowest BCUT2D eigenvalue weighted by molar-refractivity contribution is 0.176. The summed E-state index contributed by atoms with van der Waals surface area (Å²) in [6.45, 7) is 13.8. The molecule has 1 unspecified atom stereocenters. The molecule has 0 spiro atoms. The first-order chi connectivity index (χ1) is 9.75. The lowest BCUT2D eigenvalue weighted by atomic mass is 10.2. The number of nitrogens with two attached hydrogens (primary N) is 1. The molecule has 1 rings (SSSR count). The van der Waals surface area contributed by atoms with E-state index in [1.54, 1.807) is 19.1 Å². The van der Waals surface area contributed by atoms with Crippen LogP contribution < -0.4 is 5.14 Å². The van der Waals surface area contributed by atoms with E-state index in [0.717, 1.165) is 5.69 Å². The molecule has 0 bridgehead atoms. The van der Waals surface area contributed by atoms with Gasteiger partial charge in [0.2, 0.25) is 10.0 Å². The van der Waals surface area contributed by atoms with E-state index in [0.29, 0.717) is 5.69 Å². The van der Waals surface area contributed by atoms with Gasteiger partial charge in [-0.3, -0.25) is 0 Å². The number of primary sulfonamides is 1. The SMILES string of the molecule is Cc1ccc(C(O[Si](C)(C)C(C)(C)C)[C@H](C)S(N)(=O)=O)nn1. The van der Waals surface area contributed by atoms with Gasteiger partial charge >= 0.3 is 0 Å². The second kappa shape index (κ2) is 6.35. The van der Waals surface area contributed by atoms with Crippen molar-refractivity contribution in [2.75, 3.05) is 0 Å². The molecule has 126 valence electrons. The summed E-state index contributed by atoms with van der Waals surface area (Å²) >= 11 is 0. The highest BCUT2D eigenvalue weighted by molar-refractivity contribution is 7.89. The molecule has 0 aliphatic rings. The van der Waals surface area contributed by atoms with Crippen LogP contribution >= 0.6 is 0 Å². The van der Waals surface area contributed by atoms with Gasteiger partial charge in [-0.1, -0.05) is 20.8 Å². The van der Waals surface area contributed by atoms with Gasteiger partial charge in [-0.15, -0.1) is 0 Å². The van der Waals surface area contributed by atoms with Crippen molar-refractivity contribution in [2.45, 2.75) is 64.1 Å². The van der Waals surface area contributed by atoms with Gasteiger partial charge in [0, 0.05) is 0 Å². The highest BCUT2D eigenvalue weighted by Gasteiger charge is 2.42. The molecular weight excluding hydrogens is 318 g/mol. The molecule has 1 aromatic rings. The van der Waals surface area contributed by atoms with Crippen molar-refractivity contribution >= 4 is 18.3 Å². The van der Waals surface area contributed by atoms with Gasteiger partial charge in [0.1, 0.15) is 11.4 Å². The summed E-state index contributed by atoms with van der Waals surface area (Å²) in [4.78, 5) is 0. The number of sulfonamides is 1. The maximum Gasteiger partial charge on any atom is 0.214 e. The number of hydrogen-bond donors (Lipinski definition) is 1. The molecule has 2 N–H and O–H groups in total. The van der Waals surface area contributed by atoms with Crippen molar-refractivity contribution < 1.29 is 12.8 Å². The van der Waals surface area contributed by atoms with Gasteiger partial charge in [0.25, 0.3) is 0 Å². The van der Waals surface area contributed by atoms with Crippen molar-refractivity contribution in [3.05, 3.63) is 23.5 Å². The van der Waals surface area contributed by atoms with Crippen molar-refractivity contribution in [3.63, 3.8) is 0 Å². The lowest BCUT2D eigenvalue weighted by Gasteiger charge is -2.40. The van der Waals surface area contributed by atoms with E-state index >= 15 is 0 Å². The second-order valence-corrected chi connectivity index (χ2v) is 13.9. The first-order valence-corrected chi connectivity index (χ1v) is 11.8. The Hall–Kier alpha value is -0.833. The molecule has 8 heteroatoms. The Labute approximate surface area is 134 Å². The van der Waals surface area contributed by atoms with E-state index in [1.165, 1.54) is 0 Å². The van der Waals surface area contributed by atoms with Crippen LogP contribution in [0.4, 0.5) is 0 Å². The summed E-state index contributed by atoms with van der Waals surface area (Å²) in [7, 11) is -5.94. The maximum atomic E-state index is 11.8. The van der Waals surface area contributed by atoms with Gasteiger partial charge in [0.15, 0.2) is 8.32 Å². The molecule has 0 aromatic carbocycles. The van der Waals surface area contributed by atoms with Crippen LogP contribution in [0.5, 0.6) is 0 Å². The van der Waals surface area contributed by atoms with E-state index in [-0.39, 0.29) is 5.04 Å². The molecule has 1 heterocycles. The van der Waals surface area contributed by atoms with Crippen molar-refractivity contribution in [2.24, 2.45) is 5.14 Å². The molecule has 6 nitrogen and oxygen atoms in total. The summed E-state index contributed by atoms with van der Waals surface area (Å²) in [5.41, 5.74) is 1.26. The van der Waals surface area contributed by atoms with Gasteiger partial charge in [-0.25, -0.2) is 13.6 Å². The molecule has 2 atom stereocenters. The predicted octanol–water partition coefficient (Wildman–Crippen LogP) is 2.52. The Bertz CT molecular complexity index is 609. The monoisotopic (exact) mass is 345 g/mol. The smallest absolute Gasteiger partial charge is 0.214 e. The third-order valence-corrected chi connectivity index (χ3v) is 10.0. The average molecular weight is 346 g/mol. The average Bonchev–Trinajstić information content (AvgIpc) is 2.34. The highest BCUT2D eigenvalue weighted by atomic mass is 32.2. The fourth-order valence-corrected chi connectivity index (χ4v) is 3.58. The molecule has 0 amide bonds. The van der Waals surface area contributed by atoms with Gasteiger partial charge in [-0.2, -0.15) is 10.2 Å². The van der Waals surface area contributed by atoms with E-state index in [4.69, 9.17) is 9.56 Å². The highest BCUT2D eigenvalue weighted by Crippen LogP contribution is 2.40. The van der Waals surface area contributed by atoms with Crippen LogP contribution in [0.3, 0.4) is 0 Å². The molecule has 0 radical (unpaired) electrons. The zero-order valence-electron chi connectivity index (χ0n) is 14.4. The first-order valence-electron chi connectivity index (χ1n) is 7.25. The molecule has 22 heavy (non-hydrogen) atoms. The van der Waals surface area contributed by atoms with Crippen LogP contribution in [0.2, 0.25) is 18.1 Å². The molecular formula is C14H27N3O3SSi. The normalized spacial score (nSPS) is 16.4. The van der Waals surface area contributed by atoms with Crippen molar-refractivity contribution in [3.8, 4) is 0 Å². The summed E-state index contributed by atoms with van der Waals surface area (Å²) < 4.78 is 29.9. The minimum Gasteiger partial charge on any atom is -0.407 e. The van der Waals surface area contributed by atoms with Gasteiger partial charge in [-0.05, 0) is 44.1 Å². The summed E-state index contributed by atoms with van der Waals surface area (Å²) in [5.74, 6) is 0. The van der Waals surface area contributed by atoms with E-state index in [9.17, 15) is 8.42 Å². The fraction of sp³-hybridized carbons (Fsp3) is 0.714. The minimum atomic E-state index is -3.75.